The summed E-state index contributed by atoms with van der Waals surface area (Å²) in [6.45, 7) is 3.33. The Bertz CT molecular complexity index is 473. The zero-order chi connectivity index (χ0) is 14.5. The zero-order valence-electron chi connectivity index (χ0n) is 11.5. The molecule has 0 radical (unpaired) electrons. The van der Waals surface area contributed by atoms with E-state index in [1.807, 2.05) is 0 Å². The van der Waals surface area contributed by atoms with Crippen LogP contribution in [0.25, 0.3) is 0 Å². The molecule has 6 heteroatoms. The van der Waals surface area contributed by atoms with Crippen molar-refractivity contribution in [1.82, 2.24) is 4.90 Å². The highest BCUT2D eigenvalue weighted by molar-refractivity contribution is 5.34. The van der Waals surface area contributed by atoms with Gasteiger partial charge < -0.3 is 4.74 Å². The molecule has 110 valence electrons. The van der Waals surface area contributed by atoms with Crippen molar-refractivity contribution in [2.24, 2.45) is 5.92 Å². The maximum Gasteiger partial charge on any atom is 0.304 e. The van der Waals surface area contributed by atoms with E-state index in [0.717, 1.165) is 38.1 Å². The van der Waals surface area contributed by atoms with Gasteiger partial charge in [-0.05, 0) is 43.5 Å². The second-order valence-electron chi connectivity index (χ2n) is 5.22. The third-order valence-electron chi connectivity index (χ3n) is 3.72. The molecule has 1 heterocycles. The first-order chi connectivity index (χ1) is 9.60. The van der Waals surface area contributed by atoms with E-state index in [-0.39, 0.29) is 0 Å². The number of ether oxygens (including phenoxy) is 1. The maximum atomic E-state index is 13.5. The fourth-order valence-electron chi connectivity index (χ4n) is 2.60. The topological polar surface area (TPSA) is 55.6 Å². The summed E-state index contributed by atoms with van der Waals surface area (Å²) in [4.78, 5) is 12.1. The van der Waals surface area contributed by atoms with Crippen molar-refractivity contribution in [2.45, 2.75) is 19.4 Å². The van der Waals surface area contributed by atoms with Gasteiger partial charge in [-0.1, -0.05) is 6.07 Å². The van der Waals surface area contributed by atoms with Gasteiger partial charge in [-0.25, -0.2) is 0 Å². The van der Waals surface area contributed by atoms with E-state index in [2.05, 4.69) is 4.90 Å². The molecule has 1 aliphatic rings. The van der Waals surface area contributed by atoms with Gasteiger partial charge in [0.1, 0.15) is 0 Å². The van der Waals surface area contributed by atoms with Crippen LogP contribution in [-0.2, 0) is 11.3 Å². The average Bonchev–Trinajstić information content (AvgIpc) is 2.41. The van der Waals surface area contributed by atoms with E-state index in [1.165, 1.54) is 12.1 Å². The van der Waals surface area contributed by atoms with Gasteiger partial charge in [0.15, 0.2) is 0 Å². The van der Waals surface area contributed by atoms with Crippen molar-refractivity contribution in [1.29, 1.82) is 0 Å². The largest absolute Gasteiger partial charge is 0.384 e. The lowest BCUT2D eigenvalue weighted by atomic mass is 9.97. The molecule has 5 nitrogen and oxygen atoms in total. The SMILES string of the molecule is COCC1CCN(Cc2ccc([N+](=O)[O-])c(F)c2)CC1. The van der Waals surface area contributed by atoms with Crippen molar-refractivity contribution in [3.8, 4) is 0 Å². The molecule has 1 fully saturated rings. The zero-order valence-corrected chi connectivity index (χ0v) is 11.5. The smallest absolute Gasteiger partial charge is 0.304 e. The number of benzene rings is 1. The normalized spacial score (nSPS) is 17.3. The number of likely N-dealkylation sites (tertiary alicyclic amines) is 1. The van der Waals surface area contributed by atoms with E-state index in [1.54, 1.807) is 13.2 Å². The third kappa shape index (κ3) is 3.74. The molecule has 1 aromatic carbocycles. The minimum atomic E-state index is -0.762. The first-order valence-electron chi connectivity index (χ1n) is 6.74. The van der Waals surface area contributed by atoms with Gasteiger partial charge in [-0.2, -0.15) is 4.39 Å². The van der Waals surface area contributed by atoms with Gasteiger partial charge in [0, 0.05) is 26.3 Å². The van der Waals surface area contributed by atoms with Gasteiger partial charge in [-0.15, -0.1) is 0 Å². The summed E-state index contributed by atoms with van der Waals surface area (Å²) in [5.74, 6) is -0.161. The number of piperidine rings is 1. The van der Waals surface area contributed by atoms with Crippen LogP contribution in [-0.4, -0.2) is 36.6 Å². The fraction of sp³-hybridized carbons (Fsp3) is 0.571. The summed E-state index contributed by atoms with van der Waals surface area (Å²) in [5.41, 5.74) is 0.311. The summed E-state index contributed by atoms with van der Waals surface area (Å²) < 4.78 is 18.7. The van der Waals surface area contributed by atoms with Crippen LogP contribution >= 0.6 is 0 Å². The van der Waals surface area contributed by atoms with E-state index >= 15 is 0 Å². The average molecular weight is 282 g/mol. The fourth-order valence-corrected chi connectivity index (χ4v) is 2.60. The van der Waals surface area contributed by atoms with Crippen molar-refractivity contribution in [3.05, 3.63) is 39.7 Å². The van der Waals surface area contributed by atoms with E-state index in [4.69, 9.17) is 4.74 Å². The second kappa shape index (κ2) is 6.76. The summed E-state index contributed by atoms with van der Waals surface area (Å²) in [6.07, 6.45) is 2.15. The molecule has 1 aliphatic heterocycles. The van der Waals surface area contributed by atoms with Crippen molar-refractivity contribution in [2.75, 3.05) is 26.8 Å². The Labute approximate surface area is 117 Å². The number of rotatable bonds is 5. The predicted molar refractivity (Wildman–Crippen MR) is 72.9 cm³/mol. The highest BCUT2D eigenvalue weighted by atomic mass is 19.1. The number of hydrogen-bond donors (Lipinski definition) is 0. The van der Waals surface area contributed by atoms with E-state index < -0.39 is 16.4 Å². The third-order valence-corrected chi connectivity index (χ3v) is 3.72. The van der Waals surface area contributed by atoms with Gasteiger partial charge >= 0.3 is 5.69 Å². The van der Waals surface area contributed by atoms with Crippen LogP contribution in [0.1, 0.15) is 18.4 Å². The monoisotopic (exact) mass is 282 g/mol. The molecule has 0 amide bonds. The summed E-state index contributed by atoms with van der Waals surface area (Å²) in [5, 5.41) is 10.6. The number of hydrogen-bond acceptors (Lipinski definition) is 4. The first-order valence-corrected chi connectivity index (χ1v) is 6.74. The van der Waals surface area contributed by atoms with Crippen LogP contribution in [0.3, 0.4) is 0 Å². The summed E-state index contributed by atoms with van der Waals surface area (Å²) in [6, 6.07) is 4.13. The molecule has 0 unspecified atom stereocenters. The number of nitrogens with zero attached hydrogens (tertiary/aromatic N) is 2. The van der Waals surface area contributed by atoms with Gasteiger partial charge in [0.05, 0.1) is 4.92 Å². The van der Waals surface area contributed by atoms with E-state index in [9.17, 15) is 14.5 Å². The Morgan fingerprint density at radius 1 is 1.45 bits per heavy atom. The molecule has 0 aromatic heterocycles. The van der Waals surface area contributed by atoms with Crippen molar-refractivity contribution < 1.29 is 14.1 Å². The molecule has 1 aromatic rings. The van der Waals surface area contributed by atoms with Crippen molar-refractivity contribution >= 4 is 5.69 Å². The lowest BCUT2D eigenvalue weighted by Gasteiger charge is -2.31. The number of halogens is 1. The Kier molecular flexibility index (Phi) is 5.03. The lowest BCUT2D eigenvalue weighted by Crippen LogP contribution is -2.34. The quantitative estimate of drug-likeness (QED) is 0.615. The van der Waals surface area contributed by atoms with Crippen LogP contribution in [0.2, 0.25) is 0 Å². The molecule has 0 N–H and O–H groups in total. The number of nitro benzene ring substituents is 1. The number of methoxy groups -OCH3 is 1. The molecule has 20 heavy (non-hydrogen) atoms. The van der Waals surface area contributed by atoms with Crippen molar-refractivity contribution in [3.63, 3.8) is 0 Å². The van der Waals surface area contributed by atoms with Gasteiger partial charge in [0.2, 0.25) is 5.82 Å². The van der Waals surface area contributed by atoms with Gasteiger partial charge in [-0.3, -0.25) is 15.0 Å². The molecule has 0 bridgehead atoms. The molecular weight excluding hydrogens is 263 g/mol. The molecule has 0 saturated carbocycles. The summed E-state index contributed by atoms with van der Waals surface area (Å²) in [7, 11) is 1.71. The van der Waals surface area contributed by atoms with Crippen LogP contribution in [0, 0.1) is 21.8 Å². The molecule has 1 saturated heterocycles. The molecular formula is C14H19FN2O3. The standard InChI is InChI=1S/C14H19FN2O3/c1-20-10-11-4-6-16(7-5-11)9-12-2-3-14(17(18)19)13(15)8-12/h2-3,8,11H,4-7,9-10H2,1H3. The van der Waals surface area contributed by atoms with Crippen LogP contribution < -0.4 is 0 Å². The molecule has 0 aliphatic carbocycles. The lowest BCUT2D eigenvalue weighted by molar-refractivity contribution is -0.387. The Hall–Kier alpha value is -1.53. The highest BCUT2D eigenvalue weighted by Gasteiger charge is 2.20. The Morgan fingerprint density at radius 2 is 2.15 bits per heavy atom. The highest BCUT2D eigenvalue weighted by Crippen LogP contribution is 2.22. The molecule has 0 atom stereocenters. The number of nitro groups is 1. The molecule has 2 rings (SSSR count). The Morgan fingerprint density at radius 3 is 2.70 bits per heavy atom. The second-order valence-corrected chi connectivity index (χ2v) is 5.22. The molecule has 0 spiro atoms. The van der Waals surface area contributed by atoms with Crippen LogP contribution in [0.5, 0.6) is 0 Å². The summed E-state index contributed by atoms with van der Waals surface area (Å²) >= 11 is 0. The first kappa shape index (κ1) is 14.9. The van der Waals surface area contributed by atoms with Crippen LogP contribution in [0.15, 0.2) is 18.2 Å². The minimum Gasteiger partial charge on any atom is -0.384 e. The van der Waals surface area contributed by atoms with E-state index in [0.29, 0.717) is 12.5 Å². The van der Waals surface area contributed by atoms with Gasteiger partial charge in [0.25, 0.3) is 0 Å². The predicted octanol–water partition coefficient (Wildman–Crippen LogP) is 2.59. The maximum absolute atomic E-state index is 13.5. The van der Waals surface area contributed by atoms with Crippen LogP contribution in [0.4, 0.5) is 10.1 Å². The Balaban J connectivity index is 1.91. The minimum absolute atomic E-state index is 0.465.